The fourth-order valence-electron chi connectivity index (χ4n) is 1.85. The molecule has 2 rings (SSSR count). The topological polar surface area (TPSA) is 101 Å². The van der Waals surface area contributed by atoms with Crippen molar-refractivity contribution in [3.8, 4) is 0 Å². The Hall–Kier alpha value is -1.60. The third-order valence-electron chi connectivity index (χ3n) is 3.21. The predicted molar refractivity (Wildman–Crippen MR) is 72.3 cm³/mol. The van der Waals surface area contributed by atoms with Crippen molar-refractivity contribution in [1.82, 2.24) is 5.32 Å². The Morgan fingerprint density at radius 2 is 2.05 bits per heavy atom. The summed E-state index contributed by atoms with van der Waals surface area (Å²) in [6, 6.07) is 4.34. The number of nitrogens with two attached hydrogens (primary N) is 1. The summed E-state index contributed by atoms with van der Waals surface area (Å²) < 4.78 is 22.4. The Labute approximate surface area is 112 Å². The highest BCUT2D eigenvalue weighted by molar-refractivity contribution is 7.89. The number of aryl methyl sites for hydroxylation is 1. The molecule has 1 fully saturated rings. The minimum absolute atomic E-state index is 0.0370. The number of rotatable bonds is 3. The summed E-state index contributed by atoms with van der Waals surface area (Å²) in [5, 5.41) is 10.6. The average Bonchev–Trinajstić information content (AvgIpc) is 2.25. The van der Waals surface area contributed by atoms with Gasteiger partial charge >= 0.3 is 6.03 Å². The van der Waals surface area contributed by atoms with Crippen LogP contribution in [0.2, 0.25) is 0 Å². The van der Waals surface area contributed by atoms with Crippen molar-refractivity contribution in [3.63, 3.8) is 0 Å². The summed E-state index contributed by atoms with van der Waals surface area (Å²) in [6.07, 6.45) is 3.17. The number of anilines is 1. The number of amides is 2. The van der Waals surface area contributed by atoms with E-state index >= 15 is 0 Å². The van der Waals surface area contributed by atoms with Crippen LogP contribution in [0.4, 0.5) is 10.5 Å². The average molecular weight is 283 g/mol. The summed E-state index contributed by atoms with van der Waals surface area (Å²) in [6.45, 7) is 1.72. The minimum Gasteiger partial charge on any atom is -0.335 e. The molecule has 104 valence electrons. The zero-order valence-electron chi connectivity index (χ0n) is 10.6. The zero-order valence-corrected chi connectivity index (χ0v) is 11.5. The van der Waals surface area contributed by atoms with Gasteiger partial charge in [-0.05, 0) is 49.9 Å². The highest BCUT2D eigenvalue weighted by atomic mass is 32.2. The van der Waals surface area contributed by atoms with Crippen LogP contribution in [0.1, 0.15) is 24.8 Å². The Bertz CT molecular complexity index is 594. The summed E-state index contributed by atoms with van der Waals surface area (Å²) in [5.41, 5.74) is 1.22. The summed E-state index contributed by atoms with van der Waals surface area (Å²) in [5.74, 6) is 0. The minimum atomic E-state index is -3.71. The van der Waals surface area contributed by atoms with Gasteiger partial charge in [0.15, 0.2) is 0 Å². The molecule has 4 N–H and O–H groups in total. The predicted octanol–water partition coefficient (Wildman–Crippen LogP) is 1.32. The summed E-state index contributed by atoms with van der Waals surface area (Å²) in [7, 11) is -3.71. The molecule has 19 heavy (non-hydrogen) atoms. The smallest absolute Gasteiger partial charge is 0.319 e. The molecule has 2 amide bonds. The molecule has 0 saturated heterocycles. The molecule has 1 aromatic rings. The van der Waals surface area contributed by atoms with Crippen LogP contribution in [0.5, 0.6) is 0 Å². The van der Waals surface area contributed by atoms with Crippen molar-refractivity contribution >= 4 is 21.7 Å². The first-order valence-electron chi connectivity index (χ1n) is 6.07. The van der Waals surface area contributed by atoms with E-state index in [9.17, 15) is 13.2 Å². The second kappa shape index (κ2) is 5.18. The lowest BCUT2D eigenvalue weighted by Gasteiger charge is -2.26. The molecule has 0 spiro atoms. The number of hydrogen-bond acceptors (Lipinski definition) is 3. The maximum absolute atomic E-state index is 11.7. The second-order valence-electron chi connectivity index (χ2n) is 4.75. The lowest BCUT2D eigenvalue weighted by Crippen LogP contribution is -2.41. The maximum Gasteiger partial charge on any atom is 0.319 e. The van der Waals surface area contributed by atoms with Crippen molar-refractivity contribution in [2.24, 2.45) is 5.14 Å². The fraction of sp³-hybridized carbons (Fsp3) is 0.417. The van der Waals surface area contributed by atoms with Gasteiger partial charge in [-0.15, -0.1) is 0 Å². The Kier molecular flexibility index (Phi) is 3.77. The number of hydrogen-bond donors (Lipinski definition) is 3. The van der Waals surface area contributed by atoms with Crippen LogP contribution in [0, 0.1) is 6.92 Å². The van der Waals surface area contributed by atoms with Gasteiger partial charge < -0.3 is 10.6 Å². The number of carbonyl (C=O) groups is 1. The van der Waals surface area contributed by atoms with Gasteiger partial charge in [0, 0.05) is 11.7 Å². The third-order valence-corrected chi connectivity index (χ3v) is 4.13. The summed E-state index contributed by atoms with van der Waals surface area (Å²) in [4.78, 5) is 11.7. The van der Waals surface area contributed by atoms with E-state index in [4.69, 9.17) is 5.14 Å². The van der Waals surface area contributed by atoms with E-state index in [0.717, 1.165) is 19.3 Å². The molecular weight excluding hydrogens is 266 g/mol. The Morgan fingerprint density at radius 3 is 2.53 bits per heavy atom. The zero-order chi connectivity index (χ0) is 14.0. The lowest BCUT2D eigenvalue weighted by molar-refractivity contribution is 0.240. The maximum atomic E-state index is 11.7. The van der Waals surface area contributed by atoms with Crippen LogP contribution < -0.4 is 15.8 Å². The van der Waals surface area contributed by atoms with E-state index in [2.05, 4.69) is 10.6 Å². The van der Waals surface area contributed by atoms with Gasteiger partial charge in [-0.25, -0.2) is 18.4 Å². The normalized spacial score (nSPS) is 15.7. The number of carbonyl (C=O) groups excluding carboxylic acids is 1. The molecule has 1 aromatic carbocycles. The fourth-order valence-corrected chi connectivity index (χ4v) is 2.45. The van der Waals surface area contributed by atoms with Crippen molar-refractivity contribution in [2.45, 2.75) is 37.1 Å². The largest absolute Gasteiger partial charge is 0.335 e. The van der Waals surface area contributed by atoms with Crippen molar-refractivity contribution in [1.29, 1.82) is 0 Å². The van der Waals surface area contributed by atoms with Gasteiger partial charge in [-0.1, -0.05) is 0 Å². The number of nitrogens with one attached hydrogen (secondary N) is 2. The van der Waals surface area contributed by atoms with Crippen LogP contribution in [-0.4, -0.2) is 20.5 Å². The number of sulfonamides is 1. The second-order valence-corrected chi connectivity index (χ2v) is 6.31. The molecule has 1 aliphatic rings. The molecule has 7 heteroatoms. The Balaban J connectivity index is 2.06. The van der Waals surface area contributed by atoms with Crippen LogP contribution in [-0.2, 0) is 10.0 Å². The standard InChI is InChI=1S/C12H17N3O3S/c1-8-7-10(19(13,17)18)5-6-11(8)15-12(16)14-9-3-2-4-9/h5-7,9H,2-4H2,1H3,(H2,13,17,18)(H2,14,15,16). The van der Waals surface area contributed by atoms with Crippen LogP contribution in [0.15, 0.2) is 23.1 Å². The van der Waals surface area contributed by atoms with Crippen LogP contribution >= 0.6 is 0 Å². The molecule has 1 aliphatic carbocycles. The van der Waals surface area contributed by atoms with E-state index in [1.165, 1.54) is 18.2 Å². The van der Waals surface area contributed by atoms with Gasteiger partial charge in [-0.3, -0.25) is 0 Å². The summed E-state index contributed by atoms with van der Waals surface area (Å²) >= 11 is 0. The van der Waals surface area contributed by atoms with Gasteiger partial charge in [0.2, 0.25) is 10.0 Å². The number of primary sulfonamides is 1. The van der Waals surface area contributed by atoms with E-state index in [0.29, 0.717) is 11.3 Å². The van der Waals surface area contributed by atoms with Crippen LogP contribution in [0.3, 0.4) is 0 Å². The van der Waals surface area contributed by atoms with Crippen LogP contribution in [0.25, 0.3) is 0 Å². The van der Waals surface area contributed by atoms with Gasteiger partial charge in [0.25, 0.3) is 0 Å². The van der Waals surface area contributed by atoms with E-state index in [1.54, 1.807) is 6.92 Å². The molecule has 0 unspecified atom stereocenters. The van der Waals surface area contributed by atoms with E-state index in [1.807, 2.05) is 0 Å². The van der Waals surface area contributed by atoms with E-state index in [-0.39, 0.29) is 17.0 Å². The lowest BCUT2D eigenvalue weighted by atomic mass is 9.93. The van der Waals surface area contributed by atoms with E-state index < -0.39 is 10.0 Å². The first-order chi connectivity index (χ1) is 8.86. The quantitative estimate of drug-likeness (QED) is 0.779. The number of benzene rings is 1. The highest BCUT2D eigenvalue weighted by Crippen LogP contribution is 2.20. The van der Waals surface area contributed by atoms with Gasteiger partial charge in [-0.2, -0.15) is 0 Å². The molecular formula is C12H17N3O3S. The molecule has 0 atom stereocenters. The first-order valence-corrected chi connectivity index (χ1v) is 7.62. The van der Waals surface area contributed by atoms with Crippen molar-refractivity contribution in [3.05, 3.63) is 23.8 Å². The van der Waals surface area contributed by atoms with Gasteiger partial charge in [0.05, 0.1) is 4.90 Å². The van der Waals surface area contributed by atoms with Crippen molar-refractivity contribution < 1.29 is 13.2 Å². The molecule has 1 saturated carbocycles. The third kappa shape index (κ3) is 3.45. The highest BCUT2D eigenvalue weighted by Gasteiger charge is 2.19. The molecule has 0 radical (unpaired) electrons. The molecule has 0 heterocycles. The SMILES string of the molecule is Cc1cc(S(N)(=O)=O)ccc1NC(=O)NC1CCC1. The van der Waals surface area contributed by atoms with Gasteiger partial charge in [0.1, 0.15) is 0 Å². The van der Waals surface area contributed by atoms with Crippen molar-refractivity contribution in [2.75, 3.05) is 5.32 Å². The molecule has 0 aromatic heterocycles. The number of urea groups is 1. The molecule has 0 bridgehead atoms. The molecule has 6 nitrogen and oxygen atoms in total. The molecule has 0 aliphatic heterocycles. The monoisotopic (exact) mass is 283 g/mol. The first kappa shape index (κ1) is 13.8. The Morgan fingerprint density at radius 1 is 1.37 bits per heavy atom.